The van der Waals surface area contributed by atoms with Crippen molar-refractivity contribution < 1.29 is 5.11 Å². The summed E-state index contributed by atoms with van der Waals surface area (Å²) in [6.07, 6.45) is 11.7. The molecule has 1 heterocycles. The molecule has 0 bridgehead atoms. The molecule has 0 radical (unpaired) electrons. The molecule has 3 fully saturated rings. The minimum Gasteiger partial charge on any atom is -0.388 e. The van der Waals surface area contributed by atoms with E-state index in [1.54, 1.807) is 0 Å². The first-order chi connectivity index (χ1) is 12.3. The molecule has 2 aliphatic carbocycles. The van der Waals surface area contributed by atoms with Gasteiger partial charge in [0.15, 0.2) is 0 Å². The summed E-state index contributed by atoms with van der Waals surface area (Å²) in [5.74, 6) is 0. The lowest BCUT2D eigenvalue weighted by molar-refractivity contribution is 0.0814. The average molecular weight is 343 g/mol. The van der Waals surface area contributed by atoms with Crippen molar-refractivity contribution in [2.24, 2.45) is 5.41 Å². The Bertz CT molecular complexity index is 528. The van der Waals surface area contributed by atoms with E-state index >= 15 is 0 Å². The molecule has 1 atom stereocenters. The van der Waals surface area contributed by atoms with Crippen LogP contribution in [0, 0.1) is 5.41 Å². The summed E-state index contributed by atoms with van der Waals surface area (Å²) in [7, 11) is 0. The highest BCUT2D eigenvalue weighted by atomic mass is 16.3. The minimum absolute atomic E-state index is 0.0852. The van der Waals surface area contributed by atoms with Gasteiger partial charge in [-0.3, -0.25) is 0 Å². The van der Waals surface area contributed by atoms with E-state index in [0.29, 0.717) is 6.04 Å². The number of likely N-dealkylation sites (tertiary alicyclic amines) is 1. The van der Waals surface area contributed by atoms with Gasteiger partial charge in [0, 0.05) is 24.0 Å². The number of nitrogens with one attached hydrogen (secondary N) is 1. The third-order valence-corrected chi connectivity index (χ3v) is 6.95. The van der Waals surface area contributed by atoms with Gasteiger partial charge in [-0.05, 0) is 57.2 Å². The molecule has 1 saturated heterocycles. The molecule has 1 unspecified atom stereocenters. The molecule has 1 aliphatic heterocycles. The maximum absolute atomic E-state index is 10.8. The molecule has 0 amide bonds. The van der Waals surface area contributed by atoms with Crippen LogP contribution in [-0.2, 0) is 0 Å². The van der Waals surface area contributed by atoms with Crippen LogP contribution in [0.5, 0.6) is 0 Å². The van der Waals surface area contributed by atoms with Crippen LogP contribution in [-0.4, -0.2) is 41.7 Å². The van der Waals surface area contributed by atoms with Crippen LogP contribution < -0.4 is 5.32 Å². The molecule has 2 saturated carbocycles. The fraction of sp³-hybridized carbons (Fsp3) is 0.727. The van der Waals surface area contributed by atoms with E-state index in [1.807, 2.05) is 18.2 Å². The molecule has 3 nitrogen and oxygen atoms in total. The zero-order valence-corrected chi connectivity index (χ0v) is 15.5. The molecule has 3 heteroatoms. The standard InChI is InChI=1S/C22H34N2O/c25-21(18-7-3-1-4-8-18)22(13-14-22)17-23-19-11-15-24(16-12-19)20-9-5-2-6-10-20/h1,3-4,7-8,19-21,23,25H,2,5-6,9-17H2. The fourth-order valence-corrected chi connectivity index (χ4v) is 4.96. The maximum Gasteiger partial charge on any atom is 0.0858 e. The van der Waals surface area contributed by atoms with Crippen molar-refractivity contribution in [3.8, 4) is 0 Å². The lowest BCUT2D eigenvalue weighted by atomic mass is 9.90. The lowest BCUT2D eigenvalue weighted by Crippen LogP contribution is -2.48. The normalized spacial score (nSPS) is 26.4. The Balaban J connectivity index is 1.24. The van der Waals surface area contributed by atoms with E-state index in [9.17, 15) is 5.11 Å². The third-order valence-electron chi connectivity index (χ3n) is 6.95. The SMILES string of the molecule is OC(c1ccccc1)C1(CNC2CCN(C3CCCCC3)CC2)CC1. The van der Waals surface area contributed by atoms with Crippen molar-refractivity contribution in [2.75, 3.05) is 19.6 Å². The molecule has 0 aromatic heterocycles. The minimum atomic E-state index is -0.316. The highest BCUT2D eigenvalue weighted by molar-refractivity contribution is 5.22. The summed E-state index contributed by atoms with van der Waals surface area (Å²) in [6, 6.07) is 11.7. The van der Waals surface area contributed by atoms with Crippen molar-refractivity contribution in [3.05, 3.63) is 35.9 Å². The Morgan fingerprint density at radius 3 is 2.32 bits per heavy atom. The molecule has 138 valence electrons. The quantitative estimate of drug-likeness (QED) is 0.823. The van der Waals surface area contributed by atoms with Crippen LogP contribution in [0.25, 0.3) is 0 Å². The Labute approximate surface area is 152 Å². The Morgan fingerprint density at radius 2 is 1.68 bits per heavy atom. The largest absolute Gasteiger partial charge is 0.388 e. The summed E-state index contributed by atoms with van der Waals surface area (Å²) in [5, 5.41) is 14.6. The van der Waals surface area contributed by atoms with Gasteiger partial charge < -0.3 is 15.3 Å². The van der Waals surface area contributed by atoms with Crippen LogP contribution in [0.3, 0.4) is 0 Å². The van der Waals surface area contributed by atoms with E-state index in [4.69, 9.17) is 0 Å². The van der Waals surface area contributed by atoms with Gasteiger partial charge in [-0.2, -0.15) is 0 Å². The van der Waals surface area contributed by atoms with Gasteiger partial charge in [0.1, 0.15) is 0 Å². The monoisotopic (exact) mass is 342 g/mol. The number of aliphatic hydroxyl groups excluding tert-OH is 1. The maximum atomic E-state index is 10.8. The molecule has 1 aromatic carbocycles. The van der Waals surface area contributed by atoms with Crippen LogP contribution in [0.15, 0.2) is 30.3 Å². The highest BCUT2D eigenvalue weighted by Crippen LogP contribution is 2.54. The van der Waals surface area contributed by atoms with E-state index in [2.05, 4.69) is 22.3 Å². The van der Waals surface area contributed by atoms with Gasteiger partial charge in [0.05, 0.1) is 6.10 Å². The van der Waals surface area contributed by atoms with Gasteiger partial charge >= 0.3 is 0 Å². The highest BCUT2D eigenvalue weighted by Gasteiger charge is 2.49. The average Bonchev–Trinajstić information content (AvgIpc) is 3.49. The molecule has 2 N–H and O–H groups in total. The molecule has 3 aliphatic rings. The number of nitrogens with zero attached hydrogens (tertiary/aromatic N) is 1. The van der Waals surface area contributed by atoms with E-state index in [0.717, 1.165) is 31.0 Å². The summed E-state index contributed by atoms with van der Waals surface area (Å²) in [6.45, 7) is 3.49. The third kappa shape index (κ3) is 4.10. The van der Waals surface area contributed by atoms with Gasteiger partial charge in [-0.1, -0.05) is 49.6 Å². The summed E-state index contributed by atoms with van der Waals surface area (Å²) >= 11 is 0. The number of piperidine rings is 1. The fourth-order valence-electron chi connectivity index (χ4n) is 4.96. The summed E-state index contributed by atoms with van der Waals surface area (Å²) in [5.41, 5.74) is 1.16. The molecular formula is C22H34N2O. The van der Waals surface area contributed by atoms with E-state index in [1.165, 1.54) is 58.0 Å². The molecule has 4 rings (SSSR count). The van der Waals surface area contributed by atoms with Crippen molar-refractivity contribution in [3.63, 3.8) is 0 Å². The number of hydrogen-bond acceptors (Lipinski definition) is 3. The Morgan fingerprint density at radius 1 is 1.00 bits per heavy atom. The summed E-state index contributed by atoms with van der Waals surface area (Å²) in [4.78, 5) is 2.75. The van der Waals surface area contributed by atoms with Gasteiger partial charge in [0.25, 0.3) is 0 Å². The predicted molar refractivity (Wildman–Crippen MR) is 103 cm³/mol. The molecular weight excluding hydrogens is 308 g/mol. The van der Waals surface area contributed by atoms with Crippen molar-refractivity contribution >= 4 is 0 Å². The van der Waals surface area contributed by atoms with E-state index < -0.39 is 0 Å². The number of hydrogen-bond donors (Lipinski definition) is 2. The number of aliphatic hydroxyl groups is 1. The first-order valence-corrected chi connectivity index (χ1v) is 10.5. The topological polar surface area (TPSA) is 35.5 Å². The first kappa shape index (κ1) is 17.5. The second kappa shape index (κ2) is 7.77. The number of rotatable bonds is 6. The second-order valence-corrected chi connectivity index (χ2v) is 8.66. The zero-order chi connectivity index (χ0) is 17.1. The van der Waals surface area contributed by atoms with Crippen LogP contribution in [0.4, 0.5) is 0 Å². The van der Waals surface area contributed by atoms with Crippen molar-refractivity contribution in [2.45, 2.75) is 76.0 Å². The van der Waals surface area contributed by atoms with Crippen molar-refractivity contribution in [1.82, 2.24) is 10.2 Å². The molecule has 0 spiro atoms. The summed E-state index contributed by atoms with van der Waals surface area (Å²) < 4.78 is 0. The van der Waals surface area contributed by atoms with Gasteiger partial charge in [-0.25, -0.2) is 0 Å². The van der Waals surface area contributed by atoms with E-state index in [-0.39, 0.29) is 11.5 Å². The van der Waals surface area contributed by atoms with Crippen LogP contribution >= 0.6 is 0 Å². The Kier molecular flexibility index (Phi) is 5.44. The Hall–Kier alpha value is -0.900. The van der Waals surface area contributed by atoms with Gasteiger partial charge in [-0.15, -0.1) is 0 Å². The van der Waals surface area contributed by atoms with Crippen molar-refractivity contribution in [1.29, 1.82) is 0 Å². The molecule has 1 aromatic rings. The zero-order valence-electron chi connectivity index (χ0n) is 15.5. The smallest absolute Gasteiger partial charge is 0.0858 e. The predicted octanol–water partition coefficient (Wildman–Crippen LogP) is 3.89. The van der Waals surface area contributed by atoms with Gasteiger partial charge in [0.2, 0.25) is 0 Å². The van der Waals surface area contributed by atoms with Crippen LogP contribution in [0.1, 0.15) is 69.5 Å². The first-order valence-electron chi connectivity index (χ1n) is 10.5. The van der Waals surface area contributed by atoms with Crippen LogP contribution in [0.2, 0.25) is 0 Å². The second-order valence-electron chi connectivity index (χ2n) is 8.66. The molecule has 25 heavy (non-hydrogen) atoms. The lowest BCUT2D eigenvalue weighted by Gasteiger charge is -2.40. The number of benzene rings is 1.